The topological polar surface area (TPSA) is 104 Å². The van der Waals surface area contributed by atoms with E-state index in [4.69, 9.17) is 4.52 Å². The van der Waals surface area contributed by atoms with Gasteiger partial charge in [0.15, 0.2) is 11.5 Å². The van der Waals surface area contributed by atoms with E-state index in [1.807, 2.05) is 6.92 Å². The molecule has 7 unspecified atom stereocenters. The quantitative estimate of drug-likeness (QED) is 0.718. The van der Waals surface area contributed by atoms with Gasteiger partial charge in [0.1, 0.15) is 12.2 Å². The number of hydrogen-bond acceptors (Lipinski definition) is 6. The number of ketones is 1. The predicted octanol–water partition coefficient (Wildman–Crippen LogP) is 2.12. The molecule has 3 saturated carbocycles. The Hall–Kier alpha value is -1.50. The van der Waals surface area contributed by atoms with E-state index in [1.165, 1.54) is 5.57 Å². The Labute approximate surface area is 164 Å². The summed E-state index contributed by atoms with van der Waals surface area (Å²) in [4.78, 5) is 12.5. The molecule has 3 fully saturated rings. The molecular weight excluding hydrogens is 358 g/mol. The van der Waals surface area contributed by atoms with Gasteiger partial charge in [-0.15, -0.1) is 0 Å². The summed E-state index contributed by atoms with van der Waals surface area (Å²) in [5, 5.41) is 36.0. The van der Waals surface area contributed by atoms with Gasteiger partial charge < -0.3 is 19.8 Å². The monoisotopic (exact) mass is 387 g/mol. The standard InChI is InChI=1S/C22H29NO5/c1-20-8-12-10-23-28-17(12)7-13(20)3-4-14-15-5-6-22(27,18(26)11-24)21(15,2)9-16(25)19(14)20/h7,10,14-16,19,24-25,27H,3-6,8-9,11H2,1-2H3. The third kappa shape index (κ3) is 2.09. The second kappa shape index (κ2) is 5.77. The van der Waals surface area contributed by atoms with Crippen molar-refractivity contribution in [3.8, 4) is 0 Å². The normalized spacial score (nSPS) is 46.8. The summed E-state index contributed by atoms with van der Waals surface area (Å²) >= 11 is 0. The summed E-state index contributed by atoms with van der Waals surface area (Å²) in [7, 11) is 0. The van der Waals surface area contributed by atoms with Crippen LogP contribution >= 0.6 is 0 Å². The summed E-state index contributed by atoms with van der Waals surface area (Å²) in [6, 6.07) is 0. The number of Topliss-reactive ketones (excluding diaryl/α,β-unsaturated/α-hetero) is 1. The fourth-order valence-electron chi connectivity index (χ4n) is 7.61. The first kappa shape index (κ1) is 18.5. The van der Waals surface area contributed by atoms with Crippen LogP contribution in [-0.4, -0.2) is 44.6 Å². The van der Waals surface area contributed by atoms with E-state index in [-0.39, 0.29) is 23.2 Å². The fourth-order valence-corrected chi connectivity index (χ4v) is 7.61. The number of carbonyl (C=O) groups excluding carboxylic acids is 1. The number of hydrogen-bond donors (Lipinski definition) is 3. The number of rotatable bonds is 2. The zero-order chi connectivity index (χ0) is 19.9. The van der Waals surface area contributed by atoms with E-state index in [0.717, 1.165) is 37.0 Å². The van der Waals surface area contributed by atoms with E-state index in [0.29, 0.717) is 12.8 Å². The molecule has 0 saturated heterocycles. The van der Waals surface area contributed by atoms with Crippen LogP contribution in [0.5, 0.6) is 0 Å². The Kier molecular flexibility index (Phi) is 3.82. The molecule has 7 atom stereocenters. The van der Waals surface area contributed by atoms with Crippen LogP contribution in [0.2, 0.25) is 0 Å². The molecule has 4 aliphatic rings. The van der Waals surface area contributed by atoms with Crippen LogP contribution in [0.15, 0.2) is 16.3 Å². The molecule has 0 radical (unpaired) electrons. The lowest BCUT2D eigenvalue weighted by Crippen LogP contribution is -2.62. The Bertz CT molecular complexity index is 861. The molecule has 0 aliphatic heterocycles. The van der Waals surface area contributed by atoms with Gasteiger partial charge in [-0.25, -0.2) is 0 Å². The van der Waals surface area contributed by atoms with Crippen molar-refractivity contribution in [1.82, 2.24) is 5.16 Å². The van der Waals surface area contributed by atoms with Gasteiger partial charge in [0, 0.05) is 11.0 Å². The Morgan fingerprint density at radius 1 is 1.36 bits per heavy atom. The van der Waals surface area contributed by atoms with Crippen LogP contribution in [0, 0.1) is 28.6 Å². The summed E-state index contributed by atoms with van der Waals surface area (Å²) < 4.78 is 5.38. The van der Waals surface area contributed by atoms with Crippen molar-refractivity contribution in [2.45, 2.75) is 64.1 Å². The van der Waals surface area contributed by atoms with Crippen molar-refractivity contribution in [2.75, 3.05) is 6.61 Å². The highest BCUT2D eigenvalue weighted by Crippen LogP contribution is 2.67. The van der Waals surface area contributed by atoms with Crippen LogP contribution < -0.4 is 0 Å². The van der Waals surface area contributed by atoms with Crippen LogP contribution in [0.25, 0.3) is 6.08 Å². The van der Waals surface area contributed by atoms with Crippen molar-refractivity contribution in [3.63, 3.8) is 0 Å². The molecule has 4 aliphatic carbocycles. The number of aromatic nitrogens is 1. The maximum absolute atomic E-state index is 12.5. The van der Waals surface area contributed by atoms with Crippen molar-refractivity contribution in [3.05, 3.63) is 23.1 Å². The largest absolute Gasteiger partial charge is 0.393 e. The molecule has 6 nitrogen and oxygen atoms in total. The minimum atomic E-state index is -1.54. The zero-order valence-corrected chi connectivity index (χ0v) is 16.5. The minimum Gasteiger partial charge on any atom is -0.393 e. The third-order valence-corrected chi connectivity index (χ3v) is 8.97. The average molecular weight is 387 g/mol. The predicted molar refractivity (Wildman–Crippen MR) is 101 cm³/mol. The molecular formula is C22H29NO5. The number of carbonyl (C=O) groups is 1. The molecule has 0 aromatic carbocycles. The number of fused-ring (bicyclic) bond motifs is 6. The first-order valence-electron chi connectivity index (χ1n) is 10.4. The van der Waals surface area contributed by atoms with E-state index >= 15 is 0 Å². The minimum absolute atomic E-state index is 0.0835. The smallest absolute Gasteiger partial charge is 0.190 e. The van der Waals surface area contributed by atoms with E-state index in [2.05, 4.69) is 18.2 Å². The summed E-state index contributed by atoms with van der Waals surface area (Å²) in [6.07, 6.45) is 7.50. The lowest BCUT2D eigenvalue weighted by atomic mass is 9.45. The molecule has 6 heteroatoms. The highest BCUT2D eigenvalue weighted by molar-refractivity contribution is 5.89. The Morgan fingerprint density at radius 3 is 2.89 bits per heavy atom. The second-order valence-electron chi connectivity index (χ2n) is 9.98. The highest BCUT2D eigenvalue weighted by Gasteiger charge is 2.68. The van der Waals surface area contributed by atoms with Crippen LogP contribution in [0.3, 0.4) is 0 Å². The molecule has 1 aromatic rings. The molecule has 28 heavy (non-hydrogen) atoms. The first-order chi connectivity index (χ1) is 13.2. The van der Waals surface area contributed by atoms with Gasteiger partial charge in [-0.05, 0) is 67.8 Å². The van der Waals surface area contributed by atoms with Crippen LogP contribution in [0.4, 0.5) is 0 Å². The van der Waals surface area contributed by atoms with E-state index in [9.17, 15) is 20.1 Å². The number of aliphatic hydroxyl groups excluding tert-OH is 2. The van der Waals surface area contributed by atoms with Crippen molar-refractivity contribution in [2.24, 2.45) is 28.6 Å². The fraction of sp³-hybridized carbons (Fsp3) is 0.727. The van der Waals surface area contributed by atoms with Crippen molar-refractivity contribution < 1.29 is 24.6 Å². The molecule has 152 valence electrons. The zero-order valence-electron chi connectivity index (χ0n) is 16.5. The first-order valence-corrected chi connectivity index (χ1v) is 10.4. The van der Waals surface area contributed by atoms with E-state index < -0.39 is 29.5 Å². The van der Waals surface area contributed by atoms with Gasteiger partial charge in [-0.2, -0.15) is 0 Å². The Balaban J connectivity index is 1.55. The van der Waals surface area contributed by atoms with Gasteiger partial charge in [0.25, 0.3) is 0 Å². The highest BCUT2D eigenvalue weighted by atomic mass is 16.5. The SMILES string of the molecule is CC12Cc3cnoc3C=C1CCC1C2C(O)CC2(C)C1CCC2(O)C(=O)CO. The molecule has 1 aromatic heterocycles. The average Bonchev–Trinajstić information content (AvgIpc) is 3.20. The summed E-state index contributed by atoms with van der Waals surface area (Å²) in [5.74, 6) is 0.837. The number of aliphatic hydroxyl groups is 3. The maximum atomic E-state index is 12.5. The Morgan fingerprint density at radius 2 is 2.14 bits per heavy atom. The van der Waals surface area contributed by atoms with Gasteiger partial charge in [-0.3, -0.25) is 4.79 Å². The van der Waals surface area contributed by atoms with Crippen LogP contribution in [0.1, 0.15) is 57.3 Å². The van der Waals surface area contributed by atoms with Gasteiger partial charge >= 0.3 is 0 Å². The maximum Gasteiger partial charge on any atom is 0.190 e. The molecule has 1 heterocycles. The molecule has 0 spiro atoms. The molecule has 0 bridgehead atoms. The molecule has 0 amide bonds. The summed E-state index contributed by atoms with van der Waals surface area (Å²) in [6.45, 7) is 3.55. The van der Waals surface area contributed by atoms with E-state index in [1.54, 1.807) is 6.20 Å². The second-order valence-corrected chi connectivity index (χ2v) is 9.98. The molecule has 3 N–H and O–H groups in total. The van der Waals surface area contributed by atoms with Gasteiger partial charge in [0.2, 0.25) is 0 Å². The lowest BCUT2D eigenvalue weighted by Gasteiger charge is -2.60. The van der Waals surface area contributed by atoms with Crippen molar-refractivity contribution >= 4 is 11.9 Å². The lowest BCUT2D eigenvalue weighted by molar-refractivity contribution is -0.181. The van der Waals surface area contributed by atoms with Crippen LogP contribution in [-0.2, 0) is 11.2 Å². The number of allylic oxidation sites excluding steroid dienone is 1. The number of nitrogens with zero attached hydrogens (tertiary/aromatic N) is 1. The van der Waals surface area contributed by atoms with Gasteiger partial charge in [-0.1, -0.05) is 24.6 Å². The molecule has 5 rings (SSSR count). The van der Waals surface area contributed by atoms with Gasteiger partial charge in [0.05, 0.1) is 12.3 Å². The summed E-state index contributed by atoms with van der Waals surface area (Å²) in [5.41, 5.74) is 0.0151. The van der Waals surface area contributed by atoms with Crippen molar-refractivity contribution in [1.29, 1.82) is 0 Å². The third-order valence-electron chi connectivity index (χ3n) is 8.97.